The summed E-state index contributed by atoms with van der Waals surface area (Å²) >= 11 is 1.78. The van der Waals surface area contributed by atoms with Gasteiger partial charge in [-0.3, -0.25) is 0 Å². The number of anilines is 3. The predicted molar refractivity (Wildman–Crippen MR) is 175 cm³/mol. The highest BCUT2D eigenvalue weighted by atomic mass is 32.2. The van der Waals surface area contributed by atoms with Gasteiger partial charge in [0.1, 0.15) is 11.5 Å². The van der Waals surface area contributed by atoms with Crippen LogP contribution in [0.2, 0.25) is 0 Å². The van der Waals surface area contributed by atoms with E-state index >= 15 is 0 Å². The van der Waals surface area contributed by atoms with E-state index in [2.05, 4.69) is 146 Å². The fraction of sp³-hybridized carbons (Fsp3) is 0.0769. The number of hydrogen-bond donors (Lipinski definition) is 0. The van der Waals surface area contributed by atoms with Gasteiger partial charge in [-0.2, -0.15) is 0 Å². The molecule has 2 nitrogen and oxygen atoms in total. The molecule has 1 heterocycles. The van der Waals surface area contributed by atoms with E-state index in [-0.39, 0.29) is 5.41 Å². The molecule has 6 aromatic carbocycles. The summed E-state index contributed by atoms with van der Waals surface area (Å²) in [6.45, 7) is 4.68. The van der Waals surface area contributed by atoms with Crippen LogP contribution in [0.15, 0.2) is 149 Å². The highest BCUT2D eigenvalue weighted by Gasteiger charge is 2.36. The highest BCUT2D eigenvalue weighted by Crippen LogP contribution is 2.55. The Morgan fingerprint density at radius 2 is 1.21 bits per heavy atom. The maximum atomic E-state index is 6.42. The van der Waals surface area contributed by atoms with E-state index in [0.29, 0.717) is 0 Å². The van der Waals surface area contributed by atoms with Gasteiger partial charge in [-0.25, -0.2) is 0 Å². The minimum Gasteiger partial charge on any atom is -0.455 e. The van der Waals surface area contributed by atoms with Crippen molar-refractivity contribution >= 4 is 28.8 Å². The lowest BCUT2D eigenvalue weighted by Crippen LogP contribution is -2.17. The Morgan fingerprint density at radius 3 is 2.07 bits per heavy atom. The molecular formula is C39H29NOS. The fourth-order valence-corrected chi connectivity index (χ4v) is 7.45. The largest absolute Gasteiger partial charge is 0.455 e. The minimum atomic E-state index is -0.0856. The third-order valence-corrected chi connectivity index (χ3v) is 9.71. The molecule has 0 fully saturated rings. The van der Waals surface area contributed by atoms with E-state index in [1.807, 2.05) is 12.1 Å². The Hall–Kier alpha value is -4.73. The molecule has 0 amide bonds. The van der Waals surface area contributed by atoms with Gasteiger partial charge >= 0.3 is 0 Å². The van der Waals surface area contributed by atoms with Crippen molar-refractivity contribution in [3.05, 3.63) is 151 Å². The lowest BCUT2D eigenvalue weighted by Gasteiger charge is -2.31. The molecule has 0 bridgehead atoms. The topological polar surface area (TPSA) is 12.5 Å². The van der Waals surface area contributed by atoms with Crippen molar-refractivity contribution in [1.29, 1.82) is 0 Å². The summed E-state index contributed by atoms with van der Waals surface area (Å²) in [5, 5.41) is 0. The molecule has 6 aromatic rings. The van der Waals surface area contributed by atoms with Crippen LogP contribution in [0.3, 0.4) is 0 Å². The summed E-state index contributed by atoms with van der Waals surface area (Å²) in [4.78, 5) is 4.63. The van der Waals surface area contributed by atoms with Crippen LogP contribution in [0.4, 0.5) is 17.1 Å². The molecule has 0 atom stereocenters. The SMILES string of the molecule is CC1(C)c2ccccc2-c2ccc(N(c3ccc(-c4ccccc4)cc3)c3cccc4c3Sc3ccccc3O4)cc21. The van der Waals surface area contributed by atoms with Crippen LogP contribution in [-0.4, -0.2) is 0 Å². The maximum Gasteiger partial charge on any atom is 0.143 e. The Bertz CT molecular complexity index is 1960. The number of ether oxygens (including phenoxy) is 1. The van der Waals surface area contributed by atoms with Gasteiger partial charge in [0.15, 0.2) is 0 Å². The maximum absolute atomic E-state index is 6.42. The van der Waals surface area contributed by atoms with Crippen molar-refractivity contribution in [2.24, 2.45) is 0 Å². The Morgan fingerprint density at radius 1 is 0.548 bits per heavy atom. The van der Waals surface area contributed by atoms with Gasteiger partial charge in [-0.05, 0) is 81.9 Å². The lowest BCUT2D eigenvalue weighted by atomic mass is 9.82. The second kappa shape index (κ2) is 9.68. The fourth-order valence-electron chi connectivity index (χ4n) is 6.40. The van der Waals surface area contributed by atoms with Crippen LogP contribution in [0, 0.1) is 0 Å². The molecular weight excluding hydrogens is 531 g/mol. The molecule has 42 heavy (non-hydrogen) atoms. The lowest BCUT2D eigenvalue weighted by molar-refractivity contribution is 0.455. The zero-order valence-electron chi connectivity index (χ0n) is 23.5. The van der Waals surface area contributed by atoms with Crippen LogP contribution < -0.4 is 9.64 Å². The molecule has 1 aliphatic carbocycles. The highest BCUT2D eigenvalue weighted by molar-refractivity contribution is 7.99. The van der Waals surface area contributed by atoms with Crippen molar-refractivity contribution in [3.8, 4) is 33.8 Å². The van der Waals surface area contributed by atoms with Crippen molar-refractivity contribution in [2.45, 2.75) is 29.1 Å². The Balaban J connectivity index is 1.30. The van der Waals surface area contributed by atoms with Gasteiger partial charge in [-0.15, -0.1) is 0 Å². The molecule has 0 N–H and O–H groups in total. The van der Waals surface area contributed by atoms with E-state index in [0.717, 1.165) is 38.4 Å². The standard InChI is InChI=1S/C39H29NOS/c1-39(2)32-14-7-6-13-30(32)31-24-23-29(25-33(31)39)40(28-21-19-27(20-22-28)26-11-4-3-5-12-26)34-15-10-17-36-38(34)42-37-18-9-8-16-35(37)41-36/h3-25H,1-2H3. The average Bonchev–Trinajstić information content (AvgIpc) is 3.27. The van der Waals surface area contributed by atoms with Crippen LogP contribution in [0.5, 0.6) is 11.5 Å². The molecule has 0 radical (unpaired) electrons. The van der Waals surface area contributed by atoms with E-state index in [1.165, 1.54) is 33.4 Å². The van der Waals surface area contributed by atoms with E-state index in [9.17, 15) is 0 Å². The number of nitrogens with zero attached hydrogens (tertiary/aromatic N) is 1. The summed E-state index contributed by atoms with van der Waals surface area (Å²) in [7, 11) is 0. The molecule has 0 unspecified atom stereocenters. The van der Waals surface area contributed by atoms with Crippen molar-refractivity contribution in [3.63, 3.8) is 0 Å². The predicted octanol–water partition coefficient (Wildman–Crippen LogP) is 11.4. The molecule has 3 heteroatoms. The van der Waals surface area contributed by atoms with E-state index in [4.69, 9.17) is 4.74 Å². The second-order valence-corrected chi connectivity index (χ2v) is 12.5. The van der Waals surface area contributed by atoms with Crippen molar-refractivity contribution in [1.82, 2.24) is 0 Å². The second-order valence-electron chi connectivity index (χ2n) is 11.4. The van der Waals surface area contributed by atoms with E-state index in [1.54, 1.807) is 11.8 Å². The Labute approximate surface area is 251 Å². The van der Waals surface area contributed by atoms with Gasteiger partial charge in [0, 0.05) is 16.8 Å². The molecule has 0 saturated heterocycles. The third kappa shape index (κ3) is 3.96. The van der Waals surface area contributed by atoms with Crippen LogP contribution in [-0.2, 0) is 5.41 Å². The minimum absolute atomic E-state index is 0.0856. The number of para-hydroxylation sites is 1. The molecule has 0 saturated carbocycles. The molecule has 8 rings (SSSR count). The number of benzene rings is 6. The van der Waals surface area contributed by atoms with Gasteiger partial charge in [0.2, 0.25) is 0 Å². The zero-order valence-corrected chi connectivity index (χ0v) is 24.4. The van der Waals surface area contributed by atoms with E-state index < -0.39 is 0 Å². The summed E-state index contributed by atoms with van der Waals surface area (Å²) in [5.74, 6) is 1.79. The molecule has 202 valence electrons. The van der Waals surface area contributed by atoms with Crippen LogP contribution in [0.1, 0.15) is 25.0 Å². The molecule has 0 aromatic heterocycles. The summed E-state index contributed by atoms with van der Waals surface area (Å²) in [5.41, 5.74) is 11.1. The molecule has 0 spiro atoms. The van der Waals surface area contributed by atoms with Crippen LogP contribution >= 0.6 is 11.8 Å². The van der Waals surface area contributed by atoms with Crippen molar-refractivity contribution in [2.75, 3.05) is 4.90 Å². The van der Waals surface area contributed by atoms with Gasteiger partial charge in [0.25, 0.3) is 0 Å². The normalized spacial score (nSPS) is 13.8. The molecule has 1 aliphatic heterocycles. The van der Waals surface area contributed by atoms with Gasteiger partial charge in [0.05, 0.1) is 15.5 Å². The first-order valence-corrected chi connectivity index (χ1v) is 15.2. The first-order chi connectivity index (χ1) is 20.6. The number of hydrogen-bond acceptors (Lipinski definition) is 3. The monoisotopic (exact) mass is 559 g/mol. The smallest absolute Gasteiger partial charge is 0.143 e. The summed E-state index contributed by atoms with van der Waals surface area (Å²) < 4.78 is 6.42. The van der Waals surface area contributed by atoms with Gasteiger partial charge < -0.3 is 9.64 Å². The zero-order chi connectivity index (χ0) is 28.3. The average molecular weight is 560 g/mol. The number of rotatable bonds is 4. The summed E-state index contributed by atoms with van der Waals surface area (Å²) in [6, 6.07) is 49.9. The Kier molecular flexibility index (Phi) is 5.77. The first-order valence-electron chi connectivity index (χ1n) is 14.4. The van der Waals surface area contributed by atoms with Crippen molar-refractivity contribution < 1.29 is 4.74 Å². The van der Waals surface area contributed by atoms with Gasteiger partial charge in [-0.1, -0.05) is 117 Å². The third-order valence-electron chi connectivity index (χ3n) is 8.54. The quantitative estimate of drug-likeness (QED) is 0.213. The molecule has 2 aliphatic rings. The summed E-state index contributed by atoms with van der Waals surface area (Å²) in [6.07, 6.45) is 0. The first kappa shape index (κ1) is 25.0. The number of fused-ring (bicyclic) bond motifs is 5. The van der Waals surface area contributed by atoms with Crippen LogP contribution in [0.25, 0.3) is 22.3 Å².